The number of thioether (sulfide) groups is 1. The molecule has 1 aromatic carbocycles. The first-order valence-electron chi connectivity index (χ1n) is 4.56. The summed E-state index contributed by atoms with van der Waals surface area (Å²) in [6.45, 7) is 1.04. The van der Waals surface area contributed by atoms with Crippen LogP contribution in [0.25, 0.3) is 0 Å². The van der Waals surface area contributed by atoms with E-state index in [0.29, 0.717) is 5.02 Å². The van der Waals surface area contributed by atoms with Crippen LogP contribution in [0.2, 0.25) is 5.02 Å². The summed E-state index contributed by atoms with van der Waals surface area (Å²) in [6.07, 6.45) is 1.14. The summed E-state index contributed by atoms with van der Waals surface area (Å²) in [6, 6.07) is 5.64. The van der Waals surface area contributed by atoms with E-state index in [0.717, 1.165) is 29.3 Å². The van der Waals surface area contributed by atoms with Crippen LogP contribution in [-0.2, 0) is 0 Å². The molecule has 0 aliphatic carbocycles. The minimum absolute atomic E-state index is 0.696. The Hall–Kier alpha value is -0.380. The fourth-order valence-corrected chi connectivity index (χ4v) is 2.16. The van der Waals surface area contributed by atoms with Crippen LogP contribution in [0, 0.1) is 0 Å². The minimum Gasteiger partial charge on any atom is -0.398 e. The number of nitrogen functional groups attached to an aromatic ring is 1. The molecule has 1 rings (SSSR count). The van der Waals surface area contributed by atoms with Crippen LogP contribution in [0.3, 0.4) is 0 Å². The molecule has 0 atom stereocenters. The van der Waals surface area contributed by atoms with E-state index in [1.165, 1.54) is 0 Å². The zero-order valence-corrected chi connectivity index (χ0v) is 9.79. The molecule has 0 unspecified atom stereocenters. The lowest BCUT2D eigenvalue weighted by atomic mass is 10.3. The summed E-state index contributed by atoms with van der Waals surface area (Å²) >= 11 is 7.57. The third kappa shape index (κ3) is 3.78. The summed E-state index contributed by atoms with van der Waals surface area (Å²) in [7, 11) is 1.96. The number of hydrogen-bond donors (Lipinski definition) is 2. The summed E-state index contributed by atoms with van der Waals surface area (Å²) < 4.78 is 0. The molecule has 0 fully saturated rings. The second-order valence-electron chi connectivity index (χ2n) is 2.99. The van der Waals surface area contributed by atoms with E-state index < -0.39 is 0 Å². The fraction of sp³-hybridized carbons (Fsp3) is 0.400. The highest BCUT2D eigenvalue weighted by molar-refractivity contribution is 7.99. The molecule has 0 saturated carbocycles. The highest BCUT2D eigenvalue weighted by Gasteiger charge is 1.99. The number of halogens is 1. The number of nitrogens with one attached hydrogen (secondary N) is 1. The zero-order chi connectivity index (χ0) is 10.4. The van der Waals surface area contributed by atoms with Gasteiger partial charge >= 0.3 is 0 Å². The molecule has 0 saturated heterocycles. The van der Waals surface area contributed by atoms with Gasteiger partial charge in [0.2, 0.25) is 0 Å². The van der Waals surface area contributed by atoms with Crippen molar-refractivity contribution in [3.05, 3.63) is 23.2 Å². The van der Waals surface area contributed by atoms with Crippen molar-refractivity contribution >= 4 is 29.1 Å². The second-order valence-corrected chi connectivity index (χ2v) is 4.56. The van der Waals surface area contributed by atoms with Gasteiger partial charge in [0.05, 0.1) is 0 Å². The Kier molecular flexibility index (Phi) is 5.15. The monoisotopic (exact) mass is 230 g/mol. The Labute approximate surface area is 94.2 Å². The van der Waals surface area contributed by atoms with Crippen LogP contribution in [0.5, 0.6) is 0 Å². The molecule has 0 bridgehead atoms. The average molecular weight is 231 g/mol. The topological polar surface area (TPSA) is 38.0 Å². The van der Waals surface area contributed by atoms with Gasteiger partial charge < -0.3 is 11.1 Å². The SMILES string of the molecule is CNCCCSc1ccc(Cl)cc1N. The average Bonchev–Trinajstić information content (AvgIpc) is 2.15. The van der Waals surface area contributed by atoms with Crippen LogP contribution in [0.4, 0.5) is 5.69 Å². The van der Waals surface area contributed by atoms with E-state index in [9.17, 15) is 0 Å². The lowest BCUT2D eigenvalue weighted by Gasteiger charge is -2.05. The number of anilines is 1. The lowest BCUT2D eigenvalue weighted by Crippen LogP contribution is -2.08. The summed E-state index contributed by atoms with van der Waals surface area (Å²) in [5, 5.41) is 3.81. The normalized spacial score (nSPS) is 10.4. The van der Waals surface area contributed by atoms with Crippen LogP contribution >= 0.6 is 23.4 Å². The quantitative estimate of drug-likeness (QED) is 0.464. The fourth-order valence-electron chi connectivity index (χ4n) is 1.08. The molecule has 0 amide bonds. The van der Waals surface area contributed by atoms with Crippen LogP contribution in [0.15, 0.2) is 23.1 Å². The largest absolute Gasteiger partial charge is 0.398 e. The lowest BCUT2D eigenvalue weighted by molar-refractivity contribution is 0.778. The highest BCUT2D eigenvalue weighted by Crippen LogP contribution is 2.27. The van der Waals surface area contributed by atoms with Crippen molar-refractivity contribution in [1.29, 1.82) is 0 Å². The van der Waals surface area contributed by atoms with Gasteiger partial charge in [0.1, 0.15) is 0 Å². The van der Waals surface area contributed by atoms with Gasteiger partial charge in [0, 0.05) is 15.6 Å². The molecular formula is C10H15ClN2S. The number of hydrogen-bond acceptors (Lipinski definition) is 3. The zero-order valence-electron chi connectivity index (χ0n) is 8.22. The predicted molar refractivity (Wildman–Crippen MR) is 65.1 cm³/mol. The molecule has 2 nitrogen and oxygen atoms in total. The Balaban J connectivity index is 2.42. The Morgan fingerprint density at radius 1 is 1.50 bits per heavy atom. The van der Waals surface area contributed by atoms with Crippen molar-refractivity contribution in [2.75, 3.05) is 25.1 Å². The first kappa shape index (κ1) is 11.7. The Bertz CT molecular complexity index is 291. The van der Waals surface area contributed by atoms with Gasteiger partial charge in [-0.25, -0.2) is 0 Å². The molecule has 4 heteroatoms. The van der Waals surface area contributed by atoms with E-state index in [-0.39, 0.29) is 0 Å². The number of rotatable bonds is 5. The molecule has 3 N–H and O–H groups in total. The van der Waals surface area contributed by atoms with Gasteiger partial charge in [-0.2, -0.15) is 0 Å². The third-order valence-corrected chi connectivity index (χ3v) is 3.21. The predicted octanol–water partition coefficient (Wildman–Crippen LogP) is 2.62. The van der Waals surface area contributed by atoms with Crippen molar-refractivity contribution in [2.45, 2.75) is 11.3 Å². The molecule has 0 spiro atoms. The van der Waals surface area contributed by atoms with E-state index in [2.05, 4.69) is 5.32 Å². The van der Waals surface area contributed by atoms with Crippen molar-refractivity contribution in [1.82, 2.24) is 5.32 Å². The molecule has 0 aliphatic heterocycles. The van der Waals surface area contributed by atoms with Gasteiger partial charge in [0.15, 0.2) is 0 Å². The van der Waals surface area contributed by atoms with E-state index in [1.807, 2.05) is 19.2 Å². The van der Waals surface area contributed by atoms with Crippen LogP contribution in [-0.4, -0.2) is 19.3 Å². The summed E-state index contributed by atoms with van der Waals surface area (Å²) in [5.74, 6) is 1.08. The first-order chi connectivity index (χ1) is 6.74. The van der Waals surface area contributed by atoms with Gasteiger partial charge in [-0.15, -0.1) is 11.8 Å². The van der Waals surface area contributed by atoms with Gasteiger partial charge in [-0.05, 0) is 44.0 Å². The molecular weight excluding hydrogens is 216 g/mol. The number of nitrogens with two attached hydrogens (primary N) is 1. The highest BCUT2D eigenvalue weighted by atomic mass is 35.5. The smallest absolute Gasteiger partial charge is 0.0467 e. The van der Waals surface area contributed by atoms with Crippen molar-refractivity contribution in [2.24, 2.45) is 0 Å². The molecule has 0 radical (unpaired) electrons. The number of benzene rings is 1. The maximum atomic E-state index is 5.82. The van der Waals surface area contributed by atoms with E-state index >= 15 is 0 Å². The first-order valence-corrected chi connectivity index (χ1v) is 5.93. The van der Waals surface area contributed by atoms with Gasteiger partial charge in [-0.3, -0.25) is 0 Å². The molecule has 14 heavy (non-hydrogen) atoms. The van der Waals surface area contributed by atoms with Crippen molar-refractivity contribution in [3.63, 3.8) is 0 Å². The summed E-state index contributed by atoms with van der Waals surface area (Å²) in [5.41, 5.74) is 6.59. The van der Waals surface area contributed by atoms with Crippen molar-refractivity contribution < 1.29 is 0 Å². The van der Waals surface area contributed by atoms with Crippen LogP contribution < -0.4 is 11.1 Å². The molecule has 0 heterocycles. The van der Waals surface area contributed by atoms with Gasteiger partial charge in [0.25, 0.3) is 0 Å². The third-order valence-electron chi connectivity index (χ3n) is 1.80. The van der Waals surface area contributed by atoms with E-state index in [1.54, 1.807) is 17.8 Å². The standard InChI is InChI=1S/C10H15ClN2S/c1-13-5-2-6-14-10-4-3-8(11)7-9(10)12/h3-4,7,13H,2,5-6,12H2,1H3. The second kappa shape index (κ2) is 6.17. The Morgan fingerprint density at radius 2 is 2.29 bits per heavy atom. The van der Waals surface area contributed by atoms with Crippen LogP contribution in [0.1, 0.15) is 6.42 Å². The Morgan fingerprint density at radius 3 is 2.93 bits per heavy atom. The maximum Gasteiger partial charge on any atom is 0.0467 e. The molecule has 1 aromatic rings. The van der Waals surface area contributed by atoms with Gasteiger partial charge in [-0.1, -0.05) is 11.6 Å². The summed E-state index contributed by atoms with van der Waals surface area (Å²) in [4.78, 5) is 1.12. The molecule has 0 aliphatic rings. The maximum absolute atomic E-state index is 5.82. The van der Waals surface area contributed by atoms with Crippen molar-refractivity contribution in [3.8, 4) is 0 Å². The molecule has 0 aromatic heterocycles. The molecule has 78 valence electrons. The minimum atomic E-state index is 0.696. The van der Waals surface area contributed by atoms with E-state index in [4.69, 9.17) is 17.3 Å².